The van der Waals surface area contributed by atoms with E-state index >= 15 is 0 Å². The van der Waals surface area contributed by atoms with Gasteiger partial charge in [-0.3, -0.25) is 4.79 Å². The van der Waals surface area contributed by atoms with Crippen molar-refractivity contribution >= 4 is 28.9 Å². The molecule has 0 saturated carbocycles. The van der Waals surface area contributed by atoms with E-state index in [1.165, 1.54) is 6.20 Å². The predicted octanol–water partition coefficient (Wildman–Crippen LogP) is 3.19. The summed E-state index contributed by atoms with van der Waals surface area (Å²) in [4.78, 5) is 16.1. The van der Waals surface area contributed by atoms with Gasteiger partial charge in [0.25, 0.3) is 5.91 Å². The largest absolute Gasteiger partial charge is 0.399 e. The molecule has 0 radical (unpaired) electrons. The van der Waals surface area contributed by atoms with Crippen LogP contribution in [0.3, 0.4) is 0 Å². The second-order valence-corrected chi connectivity index (χ2v) is 4.72. The topological polar surface area (TPSA) is 68.0 Å². The van der Waals surface area contributed by atoms with Crippen LogP contribution in [-0.4, -0.2) is 10.9 Å². The van der Waals surface area contributed by atoms with E-state index in [0.717, 1.165) is 11.1 Å². The number of nitrogens with one attached hydrogen (secondary N) is 1. The molecule has 2 rings (SSSR count). The highest BCUT2D eigenvalue weighted by atomic mass is 35.5. The summed E-state index contributed by atoms with van der Waals surface area (Å²) >= 11 is 5.84. The SMILES string of the molecule is Cc1cc(N)ccc1C(=O)Nc1cnc(Cl)c(C)c1. The normalized spacial score (nSPS) is 10.3. The van der Waals surface area contributed by atoms with Gasteiger partial charge in [-0.05, 0) is 49.2 Å². The first kappa shape index (κ1) is 13.4. The Morgan fingerprint density at radius 1 is 1.26 bits per heavy atom. The third kappa shape index (κ3) is 3.03. The van der Waals surface area contributed by atoms with Crippen LogP contribution in [0.1, 0.15) is 21.5 Å². The van der Waals surface area contributed by atoms with E-state index < -0.39 is 0 Å². The molecule has 0 bridgehead atoms. The van der Waals surface area contributed by atoms with Crippen molar-refractivity contribution in [3.63, 3.8) is 0 Å². The number of carbonyl (C=O) groups excluding carboxylic acids is 1. The summed E-state index contributed by atoms with van der Waals surface area (Å²) in [5.41, 5.74) is 9.14. The Bertz CT molecular complexity index is 641. The maximum atomic E-state index is 12.1. The number of aryl methyl sites for hydroxylation is 2. The highest BCUT2D eigenvalue weighted by molar-refractivity contribution is 6.30. The third-order valence-corrected chi connectivity index (χ3v) is 3.16. The molecule has 0 aliphatic heterocycles. The molecule has 1 aromatic heterocycles. The monoisotopic (exact) mass is 275 g/mol. The van der Waals surface area contributed by atoms with E-state index in [2.05, 4.69) is 10.3 Å². The fraction of sp³-hybridized carbons (Fsp3) is 0.143. The van der Waals surface area contributed by atoms with Gasteiger partial charge in [0.2, 0.25) is 0 Å². The third-order valence-electron chi connectivity index (χ3n) is 2.77. The number of nitrogens with zero attached hydrogens (tertiary/aromatic N) is 1. The Balaban J connectivity index is 2.23. The minimum absolute atomic E-state index is 0.193. The van der Waals surface area contributed by atoms with Crippen molar-refractivity contribution in [2.45, 2.75) is 13.8 Å². The van der Waals surface area contributed by atoms with E-state index in [-0.39, 0.29) is 5.91 Å². The molecule has 98 valence electrons. The van der Waals surface area contributed by atoms with Crippen LogP contribution in [0.25, 0.3) is 0 Å². The molecule has 4 nitrogen and oxygen atoms in total. The van der Waals surface area contributed by atoms with Crippen LogP contribution in [0.15, 0.2) is 30.5 Å². The fourth-order valence-electron chi connectivity index (χ4n) is 1.77. The zero-order valence-electron chi connectivity index (χ0n) is 10.7. The smallest absolute Gasteiger partial charge is 0.255 e. The van der Waals surface area contributed by atoms with Gasteiger partial charge in [0.05, 0.1) is 11.9 Å². The first-order valence-corrected chi connectivity index (χ1v) is 6.15. The van der Waals surface area contributed by atoms with Crippen molar-refractivity contribution in [1.82, 2.24) is 4.98 Å². The average Bonchev–Trinajstić information content (AvgIpc) is 2.33. The first-order valence-electron chi connectivity index (χ1n) is 5.77. The van der Waals surface area contributed by atoms with Gasteiger partial charge in [-0.25, -0.2) is 4.98 Å². The lowest BCUT2D eigenvalue weighted by atomic mass is 10.1. The number of hydrogen-bond acceptors (Lipinski definition) is 3. The van der Waals surface area contributed by atoms with Gasteiger partial charge < -0.3 is 11.1 Å². The van der Waals surface area contributed by atoms with Gasteiger partial charge in [-0.2, -0.15) is 0 Å². The predicted molar refractivity (Wildman–Crippen MR) is 77.5 cm³/mol. The minimum Gasteiger partial charge on any atom is -0.399 e. The van der Waals surface area contributed by atoms with E-state index in [1.807, 2.05) is 13.8 Å². The Kier molecular flexibility index (Phi) is 3.71. The van der Waals surface area contributed by atoms with Gasteiger partial charge in [0.15, 0.2) is 0 Å². The van der Waals surface area contributed by atoms with E-state index in [9.17, 15) is 4.79 Å². The highest BCUT2D eigenvalue weighted by Crippen LogP contribution is 2.18. The zero-order valence-corrected chi connectivity index (χ0v) is 11.5. The number of carbonyl (C=O) groups is 1. The number of nitrogen functional groups attached to an aromatic ring is 1. The van der Waals surface area contributed by atoms with Crippen LogP contribution >= 0.6 is 11.6 Å². The summed E-state index contributed by atoms with van der Waals surface area (Å²) in [5.74, 6) is -0.193. The summed E-state index contributed by atoms with van der Waals surface area (Å²) in [6.45, 7) is 3.68. The maximum absolute atomic E-state index is 12.1. The number of anilines is 2. The standard InChI is InChI=1S/C14H14ClN3O/c1-8-5-10(16)3-4-12(8)14(19)18-11-6-9(2)13(15)17-7-11/h3-7H,16H2,1-2H3,(H,18,19). The van der Waals surface area contributed by atoms with Gasteiger partial charge >= 0.3 is 0 Å². The Morgan fingerprint density at radius 2 is 2.00 bits per heavy atom. The molecule has 0 unspecified atom stereocenters. The number of aromatic nitrogens is 1. The molecule has 3 N–H and O–H groups in total. The molecule has 1 amide bonds. The quantitative estimate of drug-likeness (QED) is 0.653. The van der Waals surface area contributed by atoms with E-state index in [1.54, 1.807) is 24.3 Å². The number of rotatable bonds is 2. The van der Waals surface area contributed by atoms with Crippen LogP contribution in [0.2, 0.25) is 5.15 Å². The highest BCUT2D eigenvalue weighted by Gasteiger charge is 2.10. The number of benzene rings is 1. The molecule has 1 aromatic carbocycles. The molecule has 0 saturated heterocycles. The number of pyridine rings is 1. The molecular weight excluding hydrogens is 262 g/mol. The minimum atomic E-state index is -0.193. The second-order valence-electron chi connectivity index (χ2n) is 4.36. The average molecular weight is 276 g/mol. The van der Waals surface area contributed by atoms with Gasteiger partial charge in [0, 0.05) is 11.3 Å². The number of nitrogens with two attached hydrogens (primary N) is 1. The van der Waals surface area contributed by atoms with Crippen molar-refractivity contribution in [2.24, 2.45) is 0 Å². The van der Waals surface area contributed by atoms with Crippen LogP contribution < -0.4 is 11.1 Å². The summed E-state index contributed by atoms with van der Waals surface area (Å²) < 4.78 is 0. The molecule has 0 aliphatic carbocycles. The molecule has 0 atom stereocenters. The van der Waals surface area contributed by atoms with Crippen LogP contribution in [0.5, 0.6) is 0 Å². The van der Waals surface area contributed by atoms with Crippen molar-refractivity contribution in [3.05, 3.63) is 52.3 Å². The Labute approximate surface area is 116 Å². The van der Waals surface area contributed by atoms with Gasteiger partial charge in [0.1, 0.15) is 5.15 Å². The van der Waals surface area contributed by atoms with Crippen molar-refractivity contribution < 1.29 is 4.79 Å². The molecule has 0 spiro atoms. The lowest BCUT2D eigenvalue weighted by molar-refractivity contribution is 0.102. The van der Waals surface area contributed by atoms with Gasteiger partial charge in [-0.1, -0.05) is 11.6 Å². The number of amides is 1. The molecular formula is C14H14ClN3O. The maximum Gasteiger partial charge on any atom is 0.255 e. The van der Waals surface area contributed by atoms with E-state index in [0.29, 0.717) is 22.1 Å². The molecule has 5 heteroatoms. The zero-order chi connectivity index (χ0) is 14.0. The van der Waals surface area contributed by atoms with Crippen LogP contribution in [-0.2, 0) is 0 Å². The summed E-state index contributed by atoms with van der Waals surface area (Å²) in [6.07, 6.45) is 1.53. The molecule has 1 heterocycles. The van der Waals surface area contributed by atoms with Crippen LogP contribution in [0, 0.1) is 13.8 Å². The summed E-state index contributed by atoms with van der Waals surface area (Å²) in [6, 6.07) is 6.95. The Hall–Kier alpha value is -2.07. The lowest BCUT2D eigenvalue weighted by Crippen LogP contribution is -2.13. The molecule has 0 fully saturated rings. The molecule has 19 heavy (non-hydrogen) atoms. The van der Waals surface area contributed by atoms with Crippen molar-refractivity contribution in [3.8, 4) is 0 Å². The number of hydrogen-bond donors (Lipinski definition) is 2. The molecule has 2 aromatic rings. The number of halogens is 1. The lowest BCUT2D eigenvalue weighted by Gasteiger charge is -2.09. The molecule has 0 aliphatic rings. The summed E-state index contributed by atoms with van der Waals surface area (Å²) in [7, 11) is 0. The first-order chi connectivity index (χ1) is 8.97. The van der Waals surface area contributed by atoms with E-state index in [4.69, 9.17) is 17.3 Å². The summed E-state index contributed by atoms with van der Waals surface area (Å²) in [5, 5.41) is 3.22. The Morgan fingerprint density at radius 3 is 2.63 bits per heavy atom. The second kappa shape index (κ2) is 5.28. The van der Waals surface area contributed by atoms with Gasteiger partial charge in [-0.15, -0.1) is 0 Å². The van der Waals surface area contributed by atoms with Crippen molar-refractivity contribution in [2.75, 3.05) is 11.1 Å². The van der Waals surface area contributed by atoms with Crippen LogP contribution in [0.4, 0.5) is 11.4 Å². The van der Waals surface area contributed by atoms with Crippen molar-refractivity contribution in [1.29, 1.82) is 0 Å². The fourth-order valence-corrected chi connectivity index (χ4v) is 1.87.